The Bertz CT molecular complexity index is 600. The maximum atomic E-state index is 12.0. The number of carbonyl (C=O) groups excluding carboxylic acids is 1. The van der Waals surface area contributed by atoms with E-state index in [1.54, 1.807) is 0 Å². The molecule has 0 radical (unpaired) electrons. The minimum Gasteiger partial charge on any atom is -0.352 e. The van der Waals surface area contributed by atoms with Crippen molar-refractivity contribution in [3.8, 4) is 0 Å². The van der Waals surface area contributed by atoms with E-state index >= 15 is 0 Å². The summed E-state index contributed by atoms with van der Waals surface area (Å²) in [4.78, 5) is 20.2. The molecule has 2 heterocycles. The van der Waals surface area contributed by atoms with E-state index in [0.717, 1.165) is 0 Å². The summed E-state index contributed by atoms with van der Waals surface area (Å²) in [6, 6.07) is 1.34. The number of amides is 1. The van der Waals surface area contributed by atoms with E-state index in [-0.39, 0.29) is 35.2 Å². The van der Waals surface area contributed by atoms with Crippen molar-refractivity contribution in [3.05, 3.63) is 18.0 Å². The minimum atomic E-state index is -3.01. The van der Waals surface area contributed by atoms with Gasteiger partial charge in [0.15, 0.2) is 9.84 Å². The molecule has 1 aliphatic heterocycles. The first kappa shape index (κ1) is 14.7. The lowest BCUT2D eigenvalue weighted by atomic mass is 10.2. The molecule has 0 aliphatic carbocycles. The summed E-state index contributed by atoms with van der Waals surface area (Å²) >= 11 is 0. The number of carbonyl (C=O) groups is 1. The molecule has 0 spiro atoms. The van der Waals surface area contributed by atoms with Crippen molar-refractivity contribution in [2.24, 2.45) is 0 Å². The second-order valence-corrected chi connectivity index (χ2v) is 7.37. The molecule has 1 aliphatic rings. The van der Waals surface area contributed by atoms with E-state index in [4.69, 9.17) is 0 Å². The molecular weight excluding hydrogens is 280 g/mol. The largest absolute Gasteiger partial charge is 0.352 e. The summed E-state index contributed by atoms with van der Waals surface area (Å²) in [5.74, 6) is 0.135. The van der Waals surface area contributed by atoms with Gasteiger partial charge < -0.3 is 10.6 Å². The molecule has 2 N–H and O–H groups in total. The van der Waals surface area contributed by atoms with E-state index in [1.165, 1.54) is 12.3 Å². The average molecular weight is 298 g/mol. The number of hydrogen-bond acceptors (Lipinski definition) is 6. The third-order valence-corrected chi connectivity index (χ3v) is 4.64. The Hall–Kier alpha value is -1.70. The third kappa shape index (κ3) is 3.89. The zero-order chi connectivity index (χ0) is 14.8. The highest BCUT2D eigenvalue weighted by Crippen LogP contribution is 2.12. The molecule has 2 rings (SSSR count). The summed E-state index contributed by atoms with van der Waals surface area (Å²) in [7, 11) is -3.01. The maximum absolute atomic E-state index is 12.0. The van der Waals surface area contributed by atoms with Gasteiger partial charge in [-0.05, 0) is 26.3 Å². The molecule has 1 saturated heterocycles. The fourth-order valence-electron chi connectivity index (χ4n) is 1.98. The average Bonchev–Trinajstić information content (AvgIpc) is 2.68. The number of nitrogens with zero attached hydrogens (tertiary/aromatic N) is 2. The predicted molar refractivity (Wildman–Crippen MR) is 75.3 cm³/mol. The van der Waals surface area contributed by atoms with Crippen LogP contribution in [-0.4, -0.2) is 47.9 Å². The summed E-state index contributed by atoms with van der Waals surface area (Å²) in [6.07, 6.45) is 1.95. The van der Waals surface area contributed by atoms with Crippen molar-refractivity contribution < 1.29 is 13.2 Å². The van der Waals surface area contributed by atoms with Crippen molar-refractivity contribution >= 4 is 21.7 Å². The fraction of sp³-hybridized carbons (Fsp3) is 0.583. The van der Waals surface area contributed by atoms with Gasteiger partial charge in [-0.25, -0.2) is 18.4 Å². The van der Waals surface area contributed by atoms with Gasteiger partial charge in [-0.15, -0.1) is 0 Å². The second kappa shape index (κ2) is 5.74. The Morgan fingerprint density at radius 1 is 1.45 bits per heavy atom. The minimum absolute atomic E-state index is 0.000917. The van der Waals surface area contributed by atoms with Crippen LogP contribution in [-0.2, 0) is 9.84 Å². The fourth-order valence-corrected chi connectivity index (χ4v) is 3.65. The topological polar surface area (TPSA) is 101 Å². The predicted octanol–water partition coefficient (Wildman–Crippen LogP) is 0.214. The molecule has 1 fully saturated rings. The van der Waals surface area contributed by atoms with Crippen LogP contribution >= 0.6 is 0 Å². The van der Waals surface area contributed by atoms with Gasteiger partial charge in [-0.3, -0.25) is 4.79 Å². The van der Waals surface area contributed by atoms with Crippen molar-refractivity contribution in [2.45, 2.75) is 32.4 Å². The van der Waals surface area contributed by atoms with Crippen molar-refractivity contribution in [2.75, 3.05) is 16.8 Å². The highest BCUT2D eigenvalue weighted by molar-refractivity contribution is 7.91. The molecule has 1 aromatic heterocycles. The molecule has 1 amide bonds. The van der Waals surface area contributed by atoms with Gasteiger partial charge in [-0.2, -0.15) is 0 Å². The van der Waals surface area contributed by atoms with Crippen molar-refractivity contribution in [1.82, 2.24) is 15.3 Å². The van der Waals surface area contributed by atoms with Crippen LogP contribution in [0.1, 0.15) is 30.8 Å². The Kier molecular flexibility index (Phi) is 4.22. The van der Waals surface area contributed by atoms with Crippen LogP contribution in [0, 0.1) is 0 Å². The number of rotatable bonds is 4. The Balaban J connectivity index is 2.02. The van der Waals surface area contributed by atoms with Crippen LogP contribution < -0.4 is 10.6 Å². The molecule has 7 nitrogen and oxygen atoms in total. The van der Waals surface area contributed by atoms with Gasteiger partial charge in [0.05, 0.1) is 11.5 Å². The second-order valence-electron chi connectivity index (χ2n) is 5.14. The number of hydrogen-bond donors (Lipinski definition) is 2. The lowest BCUT2D eigenvalue weighted by Gasteiger charge is -2.12. The molecule has 0 aromatic carbocycles. The Morgan fingerprint density at radius 3 is 2.80 bits per heavy atom. The van der Waals surface area contributed by atoms with Gasteiger partial charge in [-0.1, -0.05) is 0 Å². The summed E-state index contributed by atoms with van der Waals surface area (Å²) in [6.45, 7) is 3.89. The van der Waals surface area contributed by atoms with Crippen LogP contribution in [0.2, 0.25) is 0 Å². The number of anilines is 1. The zero-order valence-corrected chi connectivity index (χ0v) is 12.3. The smallest absolute Gasteiger partial charge is 0.270 e. The molecule has 1 atom stereocenters. The molecular formula is C12H18N4O3S. The van der Waals surface area contributed by atoms with Gasteiger partial charge in [0.1, 0.15) is 5.69 Å². The Morgan fingerprint density at radius 2 is 2.20 bits per heavy atom. The maximum Gasteiger partial charge on any atom is 0.270 e. The summed E-state index contributed by atoms with van der Waals surface area (Å²) in [5, 5.41) is 5.70. The first-order valence-electron chi connectivity index (χ1n) is 6.46. The zero-order valence-electron chi connectivity index (χ0n) is 11.5. The number of sulfone groups is 1. The number of aromatic nitrogens is 2. The standard InChI is InChI=1S/C12H18N4O3S/c1-8(2)14-12-13-5-3-10(16-12)11(17)15-9-4-6-20(18,19)7-9/h3,5,8-9H,4,6-7H2,1-2H3,(H,15,17)(H,13,14,16). The van der Waals surface area contributed by atoms with E-state index in [0.29, 0.717) is 12.4 Å². The molecule has 1 unspecified atom stereocenters. The molecule has 8 heteroatoms. The van der Waals surface area contributed by atoms with Crippen LogP contribution in [0.5, 0.6) is 0 Å². The van der Waals surface area contributed by atoms with Gasteiger partial charge in [0, 0.05) is 18.3 Å². The molecule has 0 saturated carbocycles. The van der Waals surface area contributed by atoms with Gasteiger partial charge in [0.2, 0.25) is 5.95 Å². The highest BCUT2D eigenvalue weighted by atomic mass is 32.2. The molecule has 0 bridgehead atoms. The van der Waals surface area contributed by atoms with E-state index < -0.39 is 9.84 Å². The molecule has 20 heavy (non-hydrogen) atoms. The normalized spacial score (nSPS) is 20.9. The lowest BCUT2D eigenvalue weighted by Crippen LogP contribution is -2.36. The first-order chi connectivity index (χ1) is 9.35. The van der Waals surface area contributed by atoms with Crippen LogP contribution in [0.3, 0.4) is 0 Å². The summed E-state index contributed by atoms with van der Waals surface area (Å²) in [5.41, 5.74) is 0.229. The third-order valence-electron chi connectivity index (χ3n) is 2.87. The van der Waals surface area contributed by atoms with E-state index in [9.17, 15) is 13.2 Å². The quantitative estimate of drug-likeness (QED) is 0.824. The van der Waals surface area contributed by atoms with E-state index in [2.05, 4.69) is 20.6 Å². The molecule has 110 valence electrons. The first-order valence-corrected chi connectivity index (χ1v) is 8.29. The monoisotopic (exact) mass is 298 g/mol. The van der Waals surface area contributed by atoms with Crippen LogP contribution in [0.25, 0.3) is 0 Å². The van der Waals surface area contributed by atoms with E-state index in [1.807, 2.05) is 13.8 Å². The Labute approximate surface area is 118 Å². The number of nitrogens with one attached hydrogen (secondary N) is 2. The highest BCUT2D eigenvalue weighted by Gasteiger charge is 2.29. The van der Waals surface area contributed by atoms with Crippen LogP contribution in [0.15, 0.2) is 12.3 Å². The van der Waals surface area contributed by atoms with Gasteiger partial charge in [0.25, 0.3) is 5.91 Å². The lowest BCUT2D eigenvalue weighted by molar-refractivity contribution is 0.0936. The van der Waals surface area contributed by atoms with Crippen molar-refractivity contribution in [1.29, 1.82) is 0 Å². The molecule has 1 aromatic rings. The SMILES string of the molecule is CC(C)Nc1nccc(C(=O)NC2CCS(=O)(=O)C2)n1. The summed E-state index contributed by atoms with van der Waals surface area (Å²) < 4.78 is 22.7. The van der Waals surface area contributed by atoms with Crippen molar-refractivity contribution in [3.63, 3.8) is 0 Å². The van der Waals surface area contributed by atoms with Gasteiger partial charge >= 0.3 is 0 Å². The van der Waals surface area contributed by atoms with Crippen LogP contribution in [0.4, 0.5) is 5.95 Å².